The summed E-state index contributed by atoms with van der Waals surface area (Å²) in [5, 5.41) is 3.13. The van der Waals surface area contributed by atoms with Gasteiger partial charge in [-0.2, -0.15) is 11.8 Å². The Balaban J connectivity index is 1.46. The molecule has 0 aliphatic carbocycles. The number of thioether (sulfide) groups is 1. The maximum absolute atomic E-state index is 13.1. The lowest BCUT2D eigenvalue weighted by Crippen LogP contribution is -2.38. The molecule has 1 saturated heterocycles. The molecule has 2 amide bonds. The number of pyridine rings is 1. The summed E-state index contributed by atoms with van der Waals surface area (Å²) in [4.78, 5) is 32.3. The first-order chi connectivity index (χ1) is 16.0. The zero-order chi connectivity index (χ0) is 23.2. The van der Waals surface area contributed by atoms with Crippen LogP contribution in [0.25, 0.3) is 5.65 Å². The fourth-order valence-electron chi connectivity index (χ4n) is 4.35. The molecular weight excluding hydrogens is 432 g/mol. The van der Waals surface area contributed by atoms with Gasteiger partial charge in [-0.15, -0.1) is 0 Å². The molecule has 2 aromatic heterocycles. The largest absolute Gasteiger partial charge is 0.350 e. The van der Waals surface area contributed by atoms with Crippen LogP contribution in [0, 0.1) is 5.92 Å². The van der Waals surface area contributed by atoms with Crippen molar-refractivity contribution in [3.63, 3.8) is 0 Å². The third-order valence-corrected chi connectivity index (χ3v) is 6.95. The maximum atomic E-state index is 13.1. The van der Waals surface area contributed by atoms with Crippen molar-refractivity contribution in [2.24, 2.45) is 5.92 Å². The molecular formula is C26H32N4O2S. The molecule has 33 heavy (non-hydrogen) atoms. The number of nitrogens with zero attached hydrogens (tertiary/aromatic N) is 3. The minimum absolute atomic E-state index is 0.101. The highest BCUT2D eigenvalue weighted by molar-refractivity contribution is 7.99. The Hall–Kier alpha value is -2.80. The lowest BCUT2D eigenvalue weighted by molar-refractivity contribution is -0.130. The molecule has 0 spiro atoms. The summed E-state index contributed by atoms with van der Waals surface area (Å²) in [6, 6.07) is 15.9. The van der Waals surface area contributed by atoms with Crippen LogP contribution in [-0.2, 0) is 11.2 Å². The predicted octanol–water partition coefficient (Wildman–Crippen LogP) is 4.01. The molecule has 0 saturated carbocycles. The van der Waals surface area contributed by atoms with Crippen molar-refractivity contribution >= 4 is 29.2 Å². The first-order valence-corrected chi connectivity index (χ1v) is 12.8. The summed E-state index contributed by atoms with van der Waals surface area (Å²) in [5.74, 6) is 2.73. The number of hydrogen-bond acceptors (Lipinski definition) is 4. The molecule has 1 N–H and O–H groups in total. The van der Waals surface area contributed by atoms with Gasteiger partial charge in [0, 0.05) is 43.3 Å². The van der Waals surface area contributed by atoms with Crippen molar-refractivity contribution in [1.82, 2.24) is 19.6 Å². The highest BCUT2D eigenvalue weighted by Crippen LogP contribution is 2.23. The Labute approximate surface area is 199 Å². The van der Waals surface area contributed by atoms with Gasteiger partial charge in [-0.1, -0.05) is 50.2 Å². The lowest BCUT2D eigenvalue weighted by atomic mass is 9.90. The van der Waals surface area contributed by atoms with Crippen LogP contribution in [-0.4, -0.2) is 57.2 Å². The number of fused-ring (bicyclic) bond motifs is 1. The number of carbonyl (C=O) groups is 2. The van der Waals surface area contributed by atoms with E-state index in [0.29, 0.717) is 29.5 Å². The van der Waals surface area contributed by atoms with Gasteiger partial charge >= 0.3 is 0 Å². The molecule has 0 radical (unpaired) electrons. The SMILES string of the molecule is CC(C)CC(CNC(=O)c1cccc2nc(CC(=O)N3CCSCC3)cn12)c1ccccc1. The Morgan fingerprint density at radius 1 is 1.06 bits per heavy atom. The quantitative estimate of drug-likeness (QED) is 0.547. The van der Waals surface area contributed by atoms with Gasteiger partial charge in [-0.25, -0.2) is 4.98 Å². The topological polar surface area (TPSA) is 66.7 Å². The fourth-order valence-corrected chi connectivity index (χ4v) is 5.25. The van der Waals surface area contributed by atoms with Gasteiger partial charge in [0.2, 0.25) is 5.91 Å². The number of aromatic nitrogens is 2. The second kappa shape index (κ2) is 10.9. The van der Waals surface area contributed by atoms with Crippen molar-refractivity contribution in [2.45, 2.75) is 32.6 Å². The molecule has 1 aromatic carbocycles. The zero-order valence-corrected chi connectivity index (χ0v) is 20.2. The molecule has 1 aliphatic heterocycles. The maximum Gasteiger partial charge on any atom is 0.268 e. The van der Waals surface area contributed by atoms with Crippen molar-refractivity contribution in [1.29, 1.82) is 0 Å². The van der Waals surface area contributed by atoms with Gasteiger partial charge in [0.15, 0.2) is 0 Å². The van der Waals surface area contributed by atoms with E-state index in [2.05, 4.69) is 36.3 Å². The van der Waals surface area contributed by atoms with Crippen LogP contribution in [0.2, 0.25) is 0 Å². The Morgan fingerprint density at radius 3 is 2.55 bits per heavy atom. The van der Waals surface area contributed by atoms with Crippen LogP contribution in [0.5, 0.6) is 0 Å². The lowest BCUT2D eigenvalue weighted by Gasteiger charge is -2.26. The molecule has 1 aliphatic rings. The molecule has 1 unspecified atom stereocenters. The van der Waals surface area contributed by atoms with Crippen molar-refractivity contribution < 1.29 is 9.59 Å². The van der Waals surface area contributed by atoms with E-state index in [1.807, 2.05) is 53.2 Å². The van der Waals surface area contributed by atoms with E-state index < -0.39 is 0 Å². The van der Waals surface area contributed by atoms with Gasteiger partial charge in [-0.05, 0) is 30.0 Å². The van der Waals surface area contributed by atoms with E-state index >= 15 is 0 Å². The second-order valence-corrected chi connectivity index (χ2v) is 10.2. The number of nitrogens with one attached hydrogen (secondary N) is 1. The highest BCUT2D eigenvalue weighted by atomic mass is 32.2. The average molecular weight is 465 g/mol. The normalized spacial score (nSPS) is 15.1. The Bertz CT molecular complexity index is 1090. The summed E-state index contributed by atoms with van der Waals surface area (Å²) in [6.07, 6.45) is 3.09. The van der Waals surface area contributed by atoms with Crippen LogP contribution in [0.3, 0.4) is 0 Å². The molecule has 6 nitrogen and oxygen atoms in total. The van der Waals surface area contributed by atoms with Gasteiger partial charge < -0.3 is 10.2 Å². The van der Waals surface area contributed by atoms with E-state index in [-0.39, 0.29) is 24.2 Å². The van der Waals surface area contributed by atoms with E-state index in [1.54, 1.807) is 10.5 Å². The first kappa shape index (κ1) is 23.4. The molecule has 0 bridgehead atoms. The minimum atomic E-state index is -0.131. The first-order valence-electron chi connectivity index (χ1n) is 11.7. The van der Waals surface area contributed by atoms with E-state index in [0.717, 1.165) is 31.0 Å². The van der Waals surface area contributed by atoms with Gasteiger partial charge in [-0.3, -0.25) is 14.0 Å². The summed E-state index contributed by atoms with van der Waals surface area (Å²) < 4.78 is 1.80. The second-order valence-electron chi connectivity index (χ2n) is 8.99. The standard InChI is InChI=1S/C26H32N4O2S/c1-19(2)15-21(20-7-4-3-5-8-20)17-27-26(32)23-9-6-10-24-28-22(18-30(23)24)16-25(31)29-11-13-33-14-12-29/h3-10,18-19,21H,11-17H2,1-2H3,(H,27,32). The molecule has 1 fully saturated rings. The molecule has 3 heterocycles. The third kappa shape index (κ3) is 5.96. The number of amides is 2. The molecule has 3 aromatic rings. The Morgan fingerprint density at radius 2 is 1.82 bits per heavy atom. The minimum Gasteiger partial charge on any atom is -0.350 e. The van der Waals surface area contributed by atoms with Crippen LogP contribution < -0.4 is 5.32 Å². The fraction of sp³-hybridized carbons (Fsp3) is 0.423. The molecule has 174 valence electrons. The van der Waals surface area contributed by atoms with Gasteiger partial charge in [0.25, 0.3) is 5.91 Å². The van der Waals surface area contributed by atoms with Crippen LogP contribution in [0.15, 0.2) is 54.7 Å². The van der Waals surface area contributed by atoms with Crippen LogP contribution in [0.1, 0.15) is 47.9 Å². The van der Waals surface area contributed by atoms with Crippen LogP contribution >= 0.6 is 11.8 Å². The van der Waals surface area contributed by atoms with Crippen molar-refractivity contribution in [3.05, 3.63) is 71.7 Å². The monoisotopic (exact) mass is 464 g/mol. The third-order valence-electron chi connectivity index (χ3n) is 6.01. The summed E-state index contributed by atoms with van der Waals surface area (Å²) >= 11 is 1.88. The van der Waals surface area contributed by atoms with Crippen molar-refractivity contribution in [2.75, 3.05) is 31.1 Å². The van der Waals surface area contributed by atoms with E-state index in [4.69, 9.17) is 0 Å². The number of carbonyl (C=O) groups excluding carboxylic acids is 2. The molecule has 1 atom stereocenters. The summed E-state index contributed by atoms with van der Waals surface area (Å²) in [6.45, 7) is 6.57. The van der Waals surface area contributed by atoms with Crippen LogP contribution in [0.4, 0.5) is 0 Å². The summed E-state index contributed by atoms with van der Waals surface area (Å²) in [7, 11) is 0. The predicted molar refractivity (Wildman–Crippen MR) is 134 cm³/mol. The van der Waals surface area contributed by atoms with E-state index in [9.17, 15) is 9.59 Å². The van der Waals surface area contributed by atoms with Crippen molar-refractivity contribution in [3.8, 4) is 0 Å². The smallest absolute Gasteiger partial charge is 0.268 e. The number of hydrogen-bond donors (Lipinski definition) is 1. The van der Waals surface area contributed by atoms with E-state index in [1.165, 1.54) is 5.56 Å². The zero-order valence-electron chi connectivity index (χ0n) is 19.4. The number of benzene rings is 1. The van der Waals surface area contributed by atoms with Gasteiger partial charge in [0.05, 0.1) is 12.1 Å². The average Bonchev–Trinajstić information content (AvgIpc) is 3.25. The van der Waals surface area contributed by atoms with Gasteiger partial charge in [0.1, 0.15) is 11.3 Å². The molecule has 4 rings (SSSR count). The number of imidazole rings is 1. The number of rotatable bonds is 8. The Kier molecular flexibility index (Phi) is 7.70. The highest BCUT2D eigenvalue weighted by Gasteiger charge is 2.20. The molecule has 7 heteroatoms. The summed E-state index contributed by atoms with van der Waals surface area (Å²) in [5.41, 5.74) is 3.15.